The largest absolute Gasteiger partial charge is 0.393 e. The molecule has 0 unspecified atom stereocenters. The van der Waals surface area contributed by atoms with Crippen LogP contribution in [0.1, 0.15) is 24.8 Å². The Labute approximate surface area is 147 Å². The number of halogens is 1. The molecule has 2 fully saturated rings. The molecule has 1 aromatic carbocycles. The van der Waals surface area contributed by atoms with E-state index in [9.17, 15) is 5.11 Å². The zero-order valence-electron chi connectivity index (χ0n) is 13.7. The lowest BCUT2D eigenvalue weighted by Gasteiger charge is -2.40. The first-order valence-corrected chi connectivity index (χ1v) is 9.14. The number of hydrogen-bond acceptors (Lipinski definition) is 4. The predicted octanol–water partition coefficient (Wildman–Crippen LogP) is 3.25. The Morgan fingerprint density at radius 3 is 3.04 bits per heavy atom. The number of benzene rings is 1. The molecular formula is C19H23ClN2O2. The van der Waals surface area contributed by atoms with Crippen LogP contribution in [-0.2, 0) is 11.3 Å². The van der Waals surface area contributed by atoms with Crippen LogP contribution in [0.15, 0.2) is 30.5 Å². The zero-order chi connectivity index (χ0) is 16.5. The Morgan fingerprint density at radius 1 is 1.29 bits per heavy atom. The Kier molecular flexibility index (Phi) is 4.72. The molecule has 2 heterocycles. The fraction of sp³-hybridized carbons (Fsp3) is 0.526. The highest BCUT2D eigenvalue weighted by atomic mass is 35.5. The lowest BCUT2D eigenvalue weighted by Crippen LogP contribution is -2.50. The molecule has 1 N–H and O–H groups in total. The third-order valence-electron chi connectivity index (χ3n) is 5.48. The van der Waals surface area contributed by atoms with Gasteiger partial charge in [0.1, 0.15) is 0 Å². The van der Waals surface area contributed by atoms with Gasteiger partial charge >= 0.3 is 0 Å². The molecule has 1 saturated carbocycles. The first-order chi connectivity index (χ1) is 11.7. The molecule has 128 valence electrons. The van der Waals surface area contributed by atoms with Crippen LogP contribution in [-0.4, -0.2) is 46.9 Å². The average Bonchev–Trinajstić information content (AvgIpc) is 3.04. The van der Waals surface area contributed by atoms with Crippen LogP contribution in [0.5, 0.6) is 0 Å². The first-order valence-electron chi connectivity index (χ1n) is 8.76. The third-order valence-corrected chi connectivity index (χ3v) is 5.81. The van der Waals surface area contributed by atoms with Crippen molar-refractivity contribution in [1.29, 1.82) is 0 Å². The summed E-state index contributed by atoms with van der Waals surface area (Å²) in [7, 11) is 0. The maximum absolute atomic E-state index is 10.3. The molecule has 1 aromatic heterocycles. The molecular weight excluding hydrogens is 324 g/mol. The van der Waals surface area contributed by atoms with Crippen molar-refractivity contribution >= 4 is 22.5 Å². The normalized spacial score (nSPS) is 28.5. The zero-order valence-corrected chi connectivity index (χ0v) is 14.5. The van der Waals surface area contributed by atoms with E-state index in [-0.39, 0.29) is 12.1 Å². The van der Waals surface area contributed by atoms with Crippen molar-refractivity contribution in [3.05, 3.63) is 41.0 Å². The molecule has 1 saturated heterocycles. The Bertz CT molecular complexity index is 724. The molecule has 0 bridgehead atoms. The summed E-state index contributed by atoms with van der Waals surface area (Å²) in [5.74, 6) is 0.317. The van der Waals surface area contributed by atoms with E-state index >= 15 is 0 Å². The van der Waals surface area contributed by atoms with Gasteiger partial charge in [0.2, 0.25) is 0 Å². The summed E-state index contributed by atoms with van der Waals surface area (Å²) < 4.78 is 5.73. The molecule has 1 aliphatic carbocycles. The molecule has 2 aliphatic rings. The minimum atomic E-state index is -0.195. The van der Waals surface area contributed by atoms with Crippen molar-refractivity contribution in [1.82, 2.24) is 9.88 Å². The van der Waals surface area contributed by atoms with E-state index in [1.807, 2.05) is 24.4 Å². The number of ether oxygens (including phenoxy) is 1. The fourth-order valence-electron chi connectivity index (χ4n) is 4.21. The number of hydrogen-bond donors (Lipinski definition) is 1. The molecule has 0 spiro atoms. The standard InChI is InChI=1S/C19H23ClN2O2/c20-16-7-6-13(19-14(16)4-2-8-21-19)11-22-9-10-24-12-17(22)15-3-1-5-18(15)23/h2,4,6-8,15,17-18,23H,1,3,5,9-12H2/t15-,17+,18+/m0/s1. The minimum absolute atomic E-state index is 0.195. The first kappa shape index (κ1) is 16.3. The van der Waals surface area contributed by atoms with Gasteiger partial charge in [-0.2, -0.15) is 0 Å². The van der Waals surface area contributed by atoms with Crippen LogP contribution in [0.2, 0.25) is 5.02 Å². The molecule has 3 atom stereocenters. The number of pyridine rings is 1. The van der Waals surface area contributed by atoms with Crippen molar-refractivity contribution in [2.24, 2.45) is 5.92 Å². The fourth-order valence-corrected chi connectivity index (χ4v) is 4.42. The Balaban J connectivity index is 1.62. The summed E-state index contributed by atoms with van der Waals surface area (Å²) >= 11 is 6.32. The summed E-state index contributed by atoms with van der Waals surface area (Å²) in [4.78, 5) is 7.01. The highest BCUT2D eigenvalue weighted by Gasteiger charge is 2.37. The molecule has 2 aromatic rings. The minimum Gasteiger partial charge on any atom is -0.393 e. The van der Waals surface area contributed by atoms with Crippen LogP contribution >= 0.6 is 11.6 Å². The summed E-state index contributed by atoms with van der Waals surface area (Å²) in [5, 5.41) is 12.1. The molecule has 4 rings (SSSR count). The van der Waals surface area contributed by atoms with Gasteiger partial charge in [0.25, 0.3) is 0 Å². The number of morpholine rings is 1. The Hall–Kier alpha value is -1.20. The van der Waals surface area contributed by atoms with E-state index in [0.29, 0.717) is 12.5 Å². The summed E-state index contributed by atoms with van der Waals surface area (Å²) in [6.45, 7) is 3.17. The van der Waals surface area contributed by atoms with Crippen molar-refractivity contribution < 1.29 is 9.84 Å². The second-order valence-corrected chi connectivity index (χ2v) is 7.29. The van der Waals surface area contributed by atoms with Crippen molar-refractivity contribution in [2.45, 2.75) is 38.0 Å². The van der Waals surface area contributed by atoms with E-state index in [4.69, 9.17) is 16.3 Å². The van der Waals surface area contributed by atoms with Gasteiger partial charge in [-0.3, -0.25) is 9.88 Å². The summed E-state index contributed by atoms with van der Waals surface area (Å²) in [5.41, 5.74) is 2.16. The van der Waals surface area contributed by atoms with Crippen LogP contribution in [0.25, 0.3) is 10.9 Å². The lowest BCUT2D eigenvalue weighted by molar-refractivity contribution is -0.0535. The highest BCUT2D eigenvalue weighted by Crippen LogP contribution is 2.33. The van der Waals surface area contributed by atoms with Crippen LogP contribution in [0, 0.1) is 5.92 Å². The number of aromatic nitrogens is 1. The maximum Gasteiger partial charge on any atom is 0.0761 e. The average molecular weight is 347 g/mol. The molecule has 0 amide bonds. The molecule has 4 nitrogen and oxygen atoms in total. The lowest BCUT2D eigenvalue weighted by atomic mass is 9.93. The smallest absolute Gasteiger partial charge is 0.0761 e. The number of aliphatic hydroxyl groups excluding tert-OH is 1. The number of rotatable bonds is 3. The Morgan fingerprint density at radius 2 is 2.21 bits per heavy atom. The van der Waals surface area contributed by atoms with E-state index in [0.717, 1.165) is 54.9 Å². The van der Waals surface area contributed by atoms with Gasteiger partial charge in [-0.05, 0) is 36.6 Å². The van der Waals surface area contributed by atoms with Gasteiger partial charge in [0.15, 0.2) is 0 Å². The number of nitrogens with zero attached hydrogens (tertiary/aromatic N) is 2. The maximum atomic E-state index is 10.3. The van der Waals surface area contributed by atoms with Gasteiger partial charge in [0.05, 0.1) is 24.8 Å². The molecule has 24 heavy (non-hydrogen) atoms. The number of aliphatic hydroxyl groups is 1. The summed E-state index contributed by atoms with van der Waals surface area (Å²) in [6, 6.07) is 8.26. The van der Waals surface area contributed by atoms with Crippen molar-refractivity contribution in [3.8, 4) is 0 Å². The van der Waals surface area contributed by atoms with E-state index in [1.165, 1.54) is 5.56 Å². The highest BCUT2D eigenvalue weighted by molar-refractivity contribution is 6.35. The van der Waals surface area contributed by atoms with Crippen LogP contribution in [0.3, 0.4) is 0 Å². The monoisotopic (exact) mass is 346 g/mol. The number of fused-ring (bicyclic) bond motifs is 1. The predicted molar refractivity (Wildman–Crippen MR) is 95.1 cm³/mol. The van der Waals surface area contributed by atoms with Gasteiger partial charge < -0.3 is 9.84 Å². The molecule has 0 radical (unpaired) electrons. The van der Waals surface area contributed by atoms with E-state index in [2.05, 4.69) is 16.0 Å². The van der Waals surface area contributed by atoms with Crippen molar-refractivity contribution in [3.63, 3.8) is 0 Å². The van der Waals surface area contributed by atoms with Gasteiger partial charge in [-0.15, -0.1) is 0 Å². The van der Waals surface area contributed by atoms with Gasteiger partial charge in [-0.1, -0.05) is 24.1 Å². The second-order valence-electron chi connectivity index (χ2n) is 6.88. The molecule has 1 aliphatic heterocycles. The van der Waals surface area contributed by atoms with Gasteiger partial charge in [-0.25, -0.2) is 0 Å². The van der Waals surface area contributed by atoms with Crippen molar-refractivity contribution in [2.75, 3.05) is 19.8 Å². The molecule has 5 heteroatoms. The van der Waals surface area contributed by atoms with E-state index in [1.54, 1.807) is 0 Å². The van der Waals surface area contributed by atoms with Gasteiger partial charge in [0, 0.05) is 41.7 Å². The van der Waals surface area contributed by atoms with Crippen LogP contribution < -0.4 is 0 Å². The second kappa shape index (κ2) is 6.96. The SMILES string of the molecule is O[C@@H]1CCC[C@H]1[C@H]1COCCN1Cc1ccc(Cl)c2cccnc12. The van der Waals surface area contributed by atoms with Crippen LogP contribution in [0.4, 0.5) is 0 Å². The topological polar surface area (TPSA) is 45.6 Å². The third kappa shape index (κ3) is 3.04. The quantitative estimate of drug-likeness (QED) is 0.926. The van der Waals surface area contributed by atoms with E-state index < -0.39 is 0 Å². The summed E-state index contributed by atoms with van der Waals surface area (Å²) in [6.07, 6.45) is 4.74.